The monoisotopic (exact) mass is 289 g/mol. The average molecular weight is 289 g/mol. The van der Waals surface area contributed by atoms with Crippen molar-refractivity contribution in [2.45, 2.75) is 13.0 Å². The SMILES string of the molecule is COc1ccc(OC)c(CCNCc2ccccc2F)c1. The number of hydrogen-bond acceptors (Lipinski definition) is 3. The van der Waals surface area contributed by atoms with Gasteiger partial charge < -0.3 is 14.8 Å². The van der Waals surface area contributed by atoms with E-state index < -0.39 is 0 Å². The third kappa shape index (κ3) is 4.20. The molecule has 0 aliphatic carbocycles. The van der Waals surface area contributed by atoms with Gasteiger partial charge in [0, 0.05) is 12.1 Å². The van der Waals surface area contributed by atoms with Crippen LogP contribution in [-0.4, -0.2) is 20.8 Å². The van der Waals surface area contributed by atoms with E-state index >= 15 is 0 Å². The van der Waals surface area contributed by atoms with Gasteiger partial charge >= 0.3 is 0 Å². The predicted molar refractivity (Wildman–Crippen MR) is 81.4 cm³/mol. The van der Waals surface area contributed by atoms with Gasteiger partial charge in [0.15, 0.2) is 0 Å². The fourth-order valence-electron chi connectivity index (χ4n) is 2.17. The van der Waals surface area contributed by atoms with E-state index in [0.717, 1.165) is 30.0 Å². The molecule has 0 heterocycles. The zero-order valence-electron chi connectivity index (χ0n) is 12.4. The van der Waals surface area contributed by atoms with Crippen LogP contribution in [0.25, 0.3) is 0 Å². The molecule has 0 fully saturated rings. The normalized spacial score (nSPS) is 10.4. The Kier molecular flexibility index (Phi) is 5.58. The van der Waals surface area contributed by atoms with Crippen LogP contribution >= 0.6 is 0 Å². The summed E-state index contributed by atoms with van der Waals surface area (Å²) in [7, 11) is 3.29. The first kappa shape index (κ1) is 15.3. The summed E-state index contributed by atoms with van der Waals surface area (Å²) >= 11 is 0. The van der Waals surface area contributed by atoms with Gasteiger partial charge in [-0.3, -0.25) is 0 Å². The molecule has 4 heteroatoms. The van der Waals surface area contributed by atoms with E-state index in [1.165, 1.54) is 6.07 Å². The number of halogens is 1. The van der Waals surface area contributed by atoms with Crippen molar-refractivity contribution >= 4 is 0 Å². The van der Waals surface area contributed by atoms with Crippen molar-refractivity contribution in [1.29, 1.82) is 0 Å². The van der Waals surface area contributed by atoms with Crippen molar-refractivity contribution in [1.82, 2.24) is 5.32 Å². The third-order valence-electron chi connectivity index (χ3n) is 3.33. The topological polar surface area (TPSA) is 30.5 Å². The van der Waals surface area contributed by atoms with E-state index in [1.807, 2.05) is 24.3 Å². The highest BCUT2D eigenvalue weighted by atomic mass is 19.1. The number of ether oxygens (including phenoxy) is 2. The van der Waals surface area contributed by atoms with Crippen molar-refractivity contribution in [3.63, 3.8) is 0 Å². The van der Waals surface area contributed by atoms with Crippen molar-refractivity contribution in [2.75, 3.05) is 20.8 Å². The maximum absolute atomic E-state index is 13.5. The fraction of sp³-hybridized carbons (Fsp3) is 0.294. The summed E-state index contributed by atoms with van der Waals surface area (Å²) in [6.45, 7) is 1.25. The molecule has 0 radical (unpaired) electrons. The van der Waals surface area contributed by atoms with E-state index in [0.29, 0.717) is 12.1 Å². The largest absolute Gasteiger partial charge is 0.497 e. The molecule has 1 N–H and O–H groups in total. The maximum Gasteiger partial charge on any atom is 0.127 e. The Morgan fingerprint density at radius 2 is 1.81 bits per heavy atom. The van der Waals surface area contributed by atoms with Gasteiger partial charge in [-0.15, -0.1) is 0 Å². The summed E-state index contributed by atoms with van der Waals surface area (Å²) in [5.74, 6) is 1.47. The van der Waals surface area contributed by atoms with Crippen LogP contribution in [0.4, 0.5) is 4.39 Å². The predicted octanol–water partition coefficient (Wildman–Crippen LogP) is 3.18. The Labute approximate surface area is 124 Å². The van der Waals surface area contributed by atoms with Gasteiger partial charge in [0.1, 0.15) is 17.3 Å². The summed E-state index contributed by atoms with van der Waals surface area (Å²) in [6.07, 6.45) is 0.787. The van der Waals surface area contributed by atoms with Crippen molar-refractivity contribution in [2.24, 2.45) is 0 Å². The summed E-state index contributed by atoms with van der Waals surface area (Å²) < 4.78 is 24.0. The molecule has 21 heavy (non-hydrogen) atoms. The summed E-state index contributed by atoms with van der Waals surface area (Å²) in [5, 5.41) is 3.24. The van der Waals surface area contributed by atoms with Crippen LogP contribution in [0.5, 0.6) is 11.5 Å². The lowest BCUT2D eigenvalue weighted by Gasteiger charge is -2.11. The number of benzene rings is 2. The van der Waals surface area contributed by atoms with Crippen LogP contribution < -0.4 is 14.8 Å². The number of methoxy groups -OCH3 is 2. The first-order valence-electron chi connectivity index (χ1n) is 6.89. The molecule has 0 unspecified atom stereocenters. The molecule has 2 rings (SSSR count). The van der Waals surface area contributed by atoms with E-state index in [2.05, 4.69) is 5.32 Å². The van der Waals surface area contributed by atoms with Crippen LogP contribution in [0.1, 0.15) is 11.1 Å². The van der Waals surface area contributed by atoms with E-state index in [-0.39, 0.29) is 5.82 Å². The second kappa shape index (κ2) is 7.64. The molecule has 0 saturated carbocycles. The van der Waals surface area contributed by atoms with Crippen molar-refractivity contribution in [3.05, 3.63) is 59.4 Å². The van der Waals surface area contributed by atoms with E-state index in [4.69, 9.17) is 9.47 Å². The molecule has 3 nitrogen and oxygen atoms in total. The van der Waals surface area contributed by atoms with Crippen molar-refractivity contribution in [3.8, 4) is 11.5 Å². The summed E-state index contributed by atoms with van der Waals surface area (Å²) in [5.41, 5.74) is 1.74. The van der Waals surface area contributed by atoms with Crippen LogP contribution in [0.15, 0.2) is 42.5 Å². The lowest BCUT2D eigenvalue weighted by molar-refractivity contribution is 0.398. The highest BCUT2D eigenvalue weighted by Gasteiger charge is 2.05. The van der Waals surface area contributed by atoms with Gasteiger partial charge in [0.05, 0.1) is 14.2 Å². The zero-order valence-corrected chi connectivity index (χ0v) is 12.4. The molecule has 0 atom stereocenters. The van der Waals surface area contributed by atoms with Gasteiger partial charge in [-0.2, -0.15) is 0 Å². The standard InChI is InChI=1S/C17H20FNO2/c1-20-15-7-8-17(21-2)13(11-15)9-10-19-12-14-5-3-4-6-16(14)18/h3-8,11,19H,9-10,12H2,1-2H3. The Hall–Kier alpha value is -2.07. The Morgan fingerprint density at radius 1 is 1.00 bits per heavy atom. The minimum atomic E-state index is -0.177. The van der Waals surface area contributed by atoms with Gasteiger partial charge in [-0.05, 0) is 42.8 Å². The minimum absolute atomic E-state index is 0.177. The van der Waals surface area contributed by atoms with E-state index in [9.17, 15) is 4.39 Å². The van der Waals surface area contributed by atoms with Crippen LogP contribution in [0.3, 0.4) is 0 Å². The highest BCUT2D eigenvalue weighted by molar-refractivity contribution is 5.40. The Morgan fingerprint density at radius 3 is 2.52 bits per heavy atom. The first-order chi connectivity index (χ1) is 10.2. The van der Waals surface area contributed by atoms with Crippen molar-refractivity contribution < 1.29 is 13.9 Å². The maximum atomic E-state index is 13.5. The quantitative estimate of drug-likeness (QED) is 0.794. The van der Waals surface area contributed by atoms with Crippen LogP contribution in [0.2, 0.25) is 0 Å². The lowest BCUT2D eigenvalue weighted by Crippen LogP contribution is -2.17. The van der Waals surface area contributed by atoms with Gasteiger partial charge in [0.25, 0.3) is 0 Å². The molecule has 0 saturated heterocycles. The second-order valence-electron chi connectivity index (χ2n) is 4.70. The molecule has 0 spiro atoms. The summed E-state index contributed by atoms with van der Waals surface area (Å²) in [4.78, 5) is 0. The van der Waals surface area contributed by atoms with E-state index in [1.54, 1.807) is 26.4 Å². The lowest BCUT2D eigenvalue weighted by atomic mass is 10.1. The van der Waals surface area contributed by atoms with Crippen LogP contribution in [0, 0.1) is 5.82 Å². The molecule has 2 aromatic rings. The molecule has 0 aliphatic rings. The fourth-order valence-corrected chi connectivity index (χ4v) is 2.17. The number of rotatable bonds is 7. The molecule has 0 aromatic heterocycles. The van der Waals surface area contributed by atoms with Crippen LogP contribution in [-0.2, 0) is 13.0 Å². The number of nitrogens with one attached hydrogen (secondary N) is 1. The zero-order chi connectivity index (χ0) is 15.1. The molecule has 2 aromatic carbocycles. The summed E-state index contributed by atoms with van der Waals surface area (Å²) in [6, 6.07) is 12.5. The Bertz CT molecular complexity index is 587. The Balaban J connectivity index is 1.90. The molecular weight excluding hydrogens is 269 g/mol. The smallest absolute Gasteiger partial charge is 0.127 e. The molecule has 0 amide bonds. The first-order valence-corrected chi connectivity index (χ1v) is 6.89. The molecular formula is C17H20FNO2. The van der Waals surface area contributed by atoms with Gasteiger partial charge in [0.2, 0.25) is 0 Å². The second-order valence-corrected chi connectivity index (χ2v) is 4.70. The third-order valence-corrected chi connectivity index (χ3v) is 3.33. The average Bonchev–Trinajstić information content (AvgIpc) is 2.52. The molecule has 0 aliphatic heterocycles. The van der Waals surface area contributed by atoms with Gasteiger partial charge in [-0.25, -0.2) is 4.39 Å². The highest BCUT2D eigenvalue weighted by Crippen LogP contribution is 2.24. The number of hydrogen-bond donors (Lipinski definition) is 1. The van der Waals surface area contributed by atoms with Gasteiger partial charge in [-0.1, -0.05) is 18.2 Å². The molecule has 112 valence electrons. The molecule has 0 bridgehead atoms. The minimum Gasteiger partial charge on any atom is -0.497 e.